The van der Waals surface area contributed by atoms with E-state index in [0.29, 0.717) is 0 Å². The van der Waals surface area contributed by atoms with E-state index in [1.165, 1.54) is 37.2 Å². The van der Waals surface area contributed by atoms with Crippen LogP contribution in [0.4, 0.5) is 5.69 Å². The Hall–Kier alpha value is -2.66. The van der Waals surface area contributed by atoms with Gasteiger partial charge in [0.25, 0.3) is 0 Å². The number of H-pyrrole nitrogens is 1. The highest BCUT2D eigenvalue weighted by molar-refractivity contribution is 5.63. The Morgan fingerprint density at radius 2 is 1.77 bits per heavy atom. The third-order valence-corrected chi connectivity index (χ3v) is 4.93. The predicted octanol–water partition coefficient (Wildman–Crippen LogP) is 3.80. The average molecular weight is 347 g/mol. The molecule has 1 fully saturated rings. The molecule has 26 heavy (non-hydrogen) atoms. The summed E-state index contributed by atoms with van der Waals surface area (Å²) in [5.41, 5.74) is 4.60. The van der Waals surface area contributed by atoms with Crippen LogP contribution in [0, 0.1) is 0 Å². The molecule has 0 aliphatic carbocycles. The van der Waals surface area contributed by atoms with E-state index in [0.717, 1.165) is 29.3 Å². The van der Waals surface area contributed by atoms with Crippen molar-refractivity contribution in [3.8, 4) is 22.8 Å². The highest BCUT2D eigenvalue weighted by Gasteiger charge is 2.13. The molecule has 4 rings (SSSR count). The van der Waals surface area contributed by atoms with Crippen molar-refractivity contribution >= 4 is 5.69 Å². The molecule has 2 aromatic carbocycles. The normalized spacial score (nSPS) is 14.7. The predicted molar refractivity (Wildman–Crippen MR) is 106 cm³/mol. The van der Waals surface area contributed by atoms with Crippen LogP contribution in [0.1, 0.15) is 18.4 Å². The van der Waals surface area contributed by atoms with E-state index >= 15 is 0 Å². The van der Waals surface area contributed by atoms with Crippen LogP contribution in [0.2, 0.25) is 0 Å². The van der Waals surface area contributed by atoms with E-state index in [2.05, 4.69) is 68.5 Å². The van der Waals surface area contributed by atoms with Gasteiger partial charge in [-0.15, -0.1) is 0 Å². The first kappa shape index (κ1) is 16.8. The lowest BCUT2D eigenvalue weighted by Crippen LogP contribution is -2.18. The van der Waals surface area contributed by atoms with Crippen molar-refractivity contribution in [1.29, 1.82) is 0 Å². The number of anilines is 1. The molecule has 2 heterocycles. The number of nitrogens with one attached hydrogen (secondary N) is 1. The summed E-state index contributed by atoms with van der Waals surface area (Å²) in [5.74, 6) is 1.55. The van der Waals surface area contributed by atoms with E-state index < -0.39 is 0 Å². The summed E-state index contributed by atoms with van der Waals surface area (Å²) >= 11 is 0. The lowest BCUT2D eigenvalue weighted by atomic mass is 10.1. The van der Waals surface area contributed by atoms with Gasteiger partial charge < -0.3 is 4.90 Å². The minimum absolute atomic E-state index is 0.750. The average Bonchev–Trinajstić information content (AvgIpc) is 3.34. The number of hydrogen-bond donors (Lipinski definition) is 1. The Morgan fingerprint density at radius 1 is 1.00 bits per heavy atom. The molecule has 1 aliphatic heterocycles. The summed E-state index contributed by atoms with van der Waals surface area (Å²) in [6.45, 7) is 3.42. The fraction of sp³-hybridized carbons (Fsp3) is 0.333. The molecule has 1 aromatic heterocycles. The monoisotopic (exact) mass is 347 g/mol. The van der Waals surface area contributed by atoms with Crippen LogP contribution < -0.4 is 4.90 Å². The molecule has 0 radical (unpaired) electrons. The van der Waals surface area contributed by atoms with Gasteiger partial charge in [0.2, 0.25) is 0 Å². The Labute approximate surface area is 154 Å². The van der Waals surface area contributed by atoms with E-state index in [4.69, 9.17) is 4.98 Å². The van der Waals surface area contributed by atoms with Crippen molar-refractivity contribution in [3.05, 3.63) is 54.1 Å². The lowest BCUT2D eigenvalue weighted by Gasteiger charge is -2.14. The molecule has 1 saturated heterocycles. The number of aromatic amines is 1. The summed E-state index contributed by atoms with van der Waals surface area (Å²) in [7, 11) is 4.08. The van der Waals surface area contributed by atoms with E-state index in [1.54, 1.807) is 0 Å². The van der Waals surface area contributed by atoms with Gasteiger partial charge in [-0.25, -0.2) is 4.98 Å². The van der Waals surface area contributed by atoms with Crippen LogP contribution in [0.25, 0.3) is 22.8 Å². The molecule has 134 valence electrons. The summed E-state index contributed by atoms with van der Waals surface area (Å²) in [6.07, 6.45) is 2.63. The van der Waals surface area contributed by atoms with Crippen molar-refractivity contribution in [1.82, 2.24) is 20.1 Å². The van der Waals surface area contributed by atoms with Crippen LogP contribution in [-0.4, -0.2) is 47.3 Å². The molecule has 0 spiro atoms. The van der Waals surface area contributed by atoms with Crippen molar-refractivity contribution in [2.45, 2.75) is 19.4 Å². The van der Waals surface area contributed by atoms with Gasteiger partial charge in [0.05, 0.1) is 0 Å². The fourth-order valence-electron chi connectivity index (χ4n) is 3.45. The molecule has 0 bridgehead atoms. The molecule has 1 N–H and O–H groups in total. The molecule has 0 atom stereocenters. The third kappa shape index (κ3) is 3.63. The minimum Gasteiger partial charge on any atom is -0.378 e. The van der Waals surface area contributed by atoms with Gasteiger partial charge in [-0.2, -0.15) is 5.10 Å². The van der Waals surface area contributed by atoms with Crippen molar-refractivity contribution in [3.63, 3.8) is 0 Å². The molecule has 0 amide bonds. The second-order valence-electron chi connectivity index (χ2n) is 7.13. The molecule has 5 nitrogen and oxygen atoms in total. The van der Waals surface area contributed by atoms with Crippen LogP contribution in [-0.2, 0) is 6.54 Å². The summed E-state index contributed by atoms with van der Waals surface area (Å²) in [4.78, 5) is 9.30. The first-order valence-corrected chi connectivity index (χ1v) is 9.21. The Bertz CT molecular complexity index is 860. The smallest absolute Gasteiger partial charge is 0.181 e. The van der Waals surface area contributed by atoms with Gasteiger partial charge in [0.1, 0.15) is 0 Å². The van der Waals surface area contributed by atoms with E-state index in [1.807, 2.05) is 14.1 Å². The maximum atomic E-state index is 4.70. The van der Waals surface area contributed by atoms with Crippen LogP contribution in [0.5, 0.6) is 0 Å². The molecule has 3 aromatic rings. The number of nitrogens with zero attached hydrogens (tertiary/aromatic N) is 4. The number of hydrogen-bond acceptors (Lipinski definition) is 4. The summed E-state index contributed by atoms with van der Waals surface area (Å²) in [5, 5.41) is 7.51. The standard InChI is InChI=1S/C21H25N5/c1-25(2)19-10-8-17(9-11-19)20-22-21(24-23-20)18-7-5-6-16(14-18)15-26-12-3-4-13-26/h5-11,14H,3-4,12-13,15H2,1-2H3,(H,22,23,24). The van der Waals surface area contributed by atoms with Gasteiger partial charge >= 0.3 is 0 Å². The molecule has 1 aliphatic rings. The number of likely N-dealkylation sites (tertiary alicyclic amines) is 1. The second kappa shape index (κ2) is 7.30. The third-order valence-electron chi connectivity index (χ3n) is 4.93. The zero-order valence-electron chi connectivity index (χ0n) is 15.4. The van der Waals surface area contributed by atoms with Crippen molar-refractivity contribution < 1.29 is 0 Å². The van der Waals surface area contributed by atoms with Crippen LogP contribution in [0.15, 0.2) is 48.5 Å². The maximum absolute atomic E-state index is 4.70. The van der Waals surface area contributed by atoms with Gasteiger partial charge in [0.15, 0.2) is 11.6 Å². The summed E-state index contributed by atoms with van der Waals surface area (Å²) < 4.78 is 0. The van der Waals surface area contributed by atoms with Crippen LogP contribution in [0.3, 0.4) is 0 Å². The highest BCUT2D eigenvalue weighted by atomic mass is 15.2. The Balaban J connectivity index is 1.53. The number of rotatable bonds is 5. The van der Waals surface area contributed by atoms with Gasteiger partial charge in [-0.05, 0) is 61.8 Å². The summed E-state index contributed by atoms with van der Waals surface area (Å²) in [6, 6.07) is 16.9. The van der Waals surface area contributed by atoms with E-state index in [-0.39, 0.29) is 0 Å². The van der Waals surface area contributed by atoms with Gasteiger partial charge in [-0.1, -0.05) is 18.2 Å². The molecular formula is C21H25N5. The van der Waals surface area contributed by atoms with Gasteiger partial charge in [0, 0.05) is 37.5 Å². The Kier molecular flexibility index (Phi) is 4.71. The first-order valence-electron chi connectivity index (χ1n) is 9.21. The van der Waals surface area contributed by atoms with Crippen molar-refractivity contribution in [2.24, 2.45) is 0 Å². The minimum atomic E-state index is 0.750. The molecule has 0 saturated carbocycles. The molecular weight excluding hydrogens is 322 g/mol. The lowest BCUT2D eigenvalue weighted by molar-refractivity contribution is 0.331. The highest BCUT2D eigenvalue weighted by Crippen LogP contribution is 2.23. The zero-order chi connectivity index (χ0) is 17.9. The second-order valence-corrected chi connectivity index (χ2v) is 7.13. The quantitative estimate of drug-likeness (QED) is 0.763. The number of aromatic nitrogens is 3. The fourth-order valence-corrected chi connectivity index (χ4v) is 3.45. The molecule has 5 heteroatoms. The first-order chi connectivity index (χ1) is 12.7. The zero-order valence-corrected chi connectivity index (χ0v) is 15.4. The topological polar surface area (TPSA) is 48.1 Å². The maximum Gasteiger partial charge on any atom is 0.181 e. The largest absolute Gasteiger partial charge is 0.378 e. The number of benzene rings is 2. The molecule has 0 unspecified atom stereocenters. The van der Waals surface area contributed by atoms with Gasteiger partial charge in [-0.3, -0.25) is 10.00 Å². The van der Waals surface area contributed by atoms with Crippen molar-refractivity contribution in [2.75, 3.05) is 32.1 Å². The SMILES string of the molecule is CN(C)c1ccc(-c2nc(-c3cccc(CN4CCCC4)c3)n[nH]2)cc1. The Morgan fingerprint density at radius 3 is 2.50 bits per heavy atom. The van der Waals surface area contributed by atoms with E-state index in [9.17, 15) is 0 Å². The van der Waals surface area contributed by atoms with Crippen LogP contribution >= 0.6 is 0 Å².